The van der Waals surface area contributed by atoms with Crippen LogP contribution in [-0.2, 0) is 0 Å². The van der Waals surface area contributed by atoms with Crippen molar-refractivity contribution < 1.29 is 4.79 Å². The molecule has 18 heavy (non-hydrogen) atoms. The van der Waals surface area contributed by atoms with Crippen molar-refractivity contribution in [1.29, 1.82) is 0 Å². The number of nitrogens with two attached hydrogens (primary N) is 1. The Labute approximate surface area is 116 Å². The van der Waals surface area contributed by atoms with Gasteiger partial charge >= 0.3 is 0 Å². The van der Waals surface area contributed by atoms with E-state index < -0.39 is 0 Å². The molecule has 1 heterocycles. The Morgan fingerprint density at radius 3 is 2.83 bits per heavy atom. The first-order valence-electron chi connectivity index (χ1n) is 6.31. The maximum atomic E-state index is 12.5. The van der Waals surface area contributed by atoms with Crippen LogP contribution < -0.4 is 5.73 Å². The number of likely N-dealkylation sites (tertiary alicyclic amines) is 1. The van der Waals surface area contributed by atoms with Crippen molar-refractivity contribution in [3.05, 3.63) is 33.8 Å². The minimum atomic E-state index is 0.116. The Morgan fingerprint density at radius 2 is 2.22 bits per heavy atom. The minimum Gasteiger partial charge on any atom is -0.336 e. The highest BCUT2D eigenvalue weighted by atomic mass is 79.9. The number of piperidine rings is 1. The summed E-state index contributed by atoms with van der Waals surface area (Å²) >= 11 is 3.45. The van der Waals surface area contributed by atoms with E-state index in [0.29, 0.717) is 0 Å². The summed E-state index contributed by atoms with van der Waals surface area (Å²) in [5.41, 5.74) is 7.77. The van der Waals surface area contributed by atoms with Gasteiger partial charge < -0.3 is 10.6 Å². The van der Waals surface area contributed by atoms with Gasteiger partial charge in [-0.15, -0.1) is 0 Å². The molecule has 0 aliphatic carbocycles. The van der Waals surface area contributed by atoms with Gasteiger partial charge in [-0.2, -0.15) is 0 Å². The van der Waals surface area contributed by atoms with Crippen LogP contribution in [0, 0.1) is 6.92 Å². The standard InChI is InChI=1S/C14H19BrN2O/c1-9-7-11(3-4-13(9)15)14(18)17-6-5-12(16)8-10(17)2/h3-4,7,10,12H,5-6,8,16H2,1-2H3. The highest BCUT2D eigenvalue weighted by molar-refractivity contribution is 9.10. The van der Waals surface area contributed by atoms with Crippen LogP contribution in [0.15, 0.2) is 22.7 Å². The second-order valence-corrected chi connectivity index (χ2v) is 5.95. The highest BCUT2D eigenvalue weighted by Gasteiger charge is 2.27. The quantitative estimate of drug-likeness (QED) is 0.867. The van der Waals surface area contributed by atoms with E-state index in [4.69, 9.17) is 5.73 Å². The van der Waals surface area contributed by atoms with Crippen LogP contribution in [0.25, 0.3) is 0 Å². The molecule has 2 N–H and O–H groups in total. The summed E-state index contributed by atoms with van der Waals surface area (Å²) in [6, 6.07) is 6.21. The van der Waals surface area contributed by atoms with Crippen LogP contribution >= 0.6 is 15.9 Å². The summed E-state index contributed by atoms with van der Waals surface area (Å²) in [5.74, 6) is 0.116. The fourth-order valence-electron chi connectivity index (χ4n) is 2.45. The maximum Gasteiger partial charge on any atom is 0.254 e. The average Bonchev–Trinajstić information content (AvgIpc) is 2.32. The number of carbonyl (C=O) groups excluding carboxylic acids is 1. The zero-order chi connectivity index (χ0) is 13.3. The predicted octanol–water partition coefficient (Wildman–Crippen LogP) is 2.71. The zero-order valence-corrected chi connectivity index (χ0v) is 12.4. The van der Waals surface area contributed by atoms with Crippen LogP contribution in [0.4, 0.5) is 0 Å². The fraction of sp³-hybridized carbons (Fsp3) is 0.500. The smallest absolute Gasteiger partial charge is 0.254 e. The van der Waals surface area contributed by atoms with Crippen molar-refractivity contribution in [1.82, 2.24) is 4.90 Å². The van der Waals surface area contributed by atoms with Crippen molar-refractivity contribution in [2.75, 3.05) is 6.54 Å². The molecule has 0 saturated carbocycles. The predicted molar refractivity (Wildman–Crippen MR) is 76.6 cm³/mol. The summed E-state index contributed by atoms with van der Waals surface area (Å²) in [5, 5.41) is 0. The fourth-order valence-corrected chi connectivity index (χ4v) is 2.70. The highest BCUT2D eigenvalue weighted by Crippen LogP contribution is 2.22. The molecule has 1 amide bonds. The third kappa shape index (κ3) is 2.75. The number of hydrogen-bond acceptors (Lipinski definition) is 2. The summed E-state index contributed by atoms with van der Waals surface area (Å²) in [6.07, 6.45) is 1.78. The van der Waals surface area contributed by atoms with Crippen molar-refractivity contribution in [2.24, 2.45) is 5.73 Å². The number of aryl methyl sites for hydroxylation is 1. The van der Waals surface area contributed by atoms with Gasteiger partial charge in [-0.1, -0.05) is 15.9 Å². The number of halogens is 1. The van der Waals surface area contributed by atoms with E-state index in [1.54, 1.807) is 0 Å². The topological polar surface area (TPSA) is 46.3 Å². The molecule has 3 nitrogen and oxygen atoms in total. The van der Waals surface area contributed by atoms with Gasteiger partial charge in [0, 0.05) is 28.7 Å². The van der Waals surface area contributed by atoms with Gasteiger partial charge in [-0.25, -0.2) is 0 Å². The normalized spacial score (nSPS) is 24.1. The summed E-state index contributed by atoms with van der Waals surface area (Å²) in [6.45, 7) is 4.83. The second kappa shape index (κ2) is 5.41. The Hall–Kier alpha value is -0.870. The largest absolute Gasteiger partial charge is 0.336 e. The van der Waals surface area contributed by atoms with Crippen LogP contribution in [0.1, 0.15) is 35.7 Å². The van der Waals surface area contributed by atoms with Gasteiger partial charge in [-0.05, 0) is 50.5 Å². The molecular weight excluding hydrogens is 292 g/mol. The van der Waals surface area contributed by atoms with Crippen molar-refractivity contribution in [3.63, 3.8) is 0 Å². The van der Waals surface area contributed by atoms with Gasteiger partial charge in [-0.3, -0.25) is 4.79 Å². The van der Waals surface area contributed by atoms with Gasteiger partial charge in [0.1, 0.15) is 0 Å². The molecule has 1 fully saturated rings. The summed E-state index contributed by atoms with van der Waals surface area (Å²) in [7, 11) is 0. The molecule has 1 aliphatic rings. The molecule has 0 aromatic heterocycles. The Kier molecular flexibility index (Phi) is 4.07. The number of benzene rings is 1. The Morgan fingerprint density at radius 1 is 1.50 bits per heavy atom. The van der Waals surface area contributed by atoms with E-state index in [-0.39, 0.29) is 18.0 Å². The maximum absolute atomic E-state index is 12.5. The number of rotatable bonds is 1. The molecule has 1 aromatic rings. The van der Waals surface area contributed by atoms with E-state index in [2.05, 4.69) is 22.9 Å². The first-order valence-corrected chi connectivity index (χ1v) is 7.11. The average molecular weight is 311 g/mol. The van der Waals surface area contributed by atoms with E-state index in [9.17, 15) is 4.79 Å². The molecule has 1 aromatic carbocycles. The molecule has 98 valence electrons. The van der Waals surface area contributed by atoms with Gasteiger partial charge in [0.15, 0.2) is 0 Å². The first kappa shape index (κ1) is 13.6. The van der Waals surface area contributed by atoms with E-state index in [0.717, 1.165) is 35.0 Å². The summed E-state index contributed by atoms with van der Waals surface area (Å²) in [4.78, 5) is 14.4. The third-order valence-corrected chi connectivity index (χ3v) is 4.47. The lowest BCUT2D eigenvalue weighted by Crippen LogP contribution is -2.48. The SMILES string of the molecule is Cc1cc(C(=O)N2CCC(N)CC2C)ccc1Br. The molecule has 2 unspecified atom stereocenters. The van der Waals surface area contributed by atoms with Crippen LogP contribution in [0.2, 0.25) is 0 Å². The molecule has 1 aliphatic heterocycles. The Bertz CT molecular complexity index is 461. The van der Waals surface area contributed by atoms with Gasteiger partial charge in [0.05, 0.1) is 0 Å². The van der Waals surface area contributed by atoms with Gasteiger partial charge in [0.2, 0.25) is 0 Å². The molecule has 4 heteroatoms. The van der Waals surface area contributed by atoms with E-state index >= 15 is 0 Å². The first-order chi connectivity index (χ1) is 8.49. The number of carbonyl (C=O) groups is 1. The number of amides is 1. The third-order valence-electron chi connectivity index (χ3n) is 3.58. The van der Waals surface area contributed by atoms with Gasteiger partial charge in [0.25, 0.3) is 5.91 Å². The second-order valence-electron chi connectivity index (χ2n) is 5.10. The van der Waals surface area contributed by atoms with Crippen LogP contribution in [0.3, 0.4) is 0 Å². The van der Waals surface area contributed by atoms with Crippen LogP contribution in [0.5, 0.6) is 0 Å². The van der Waals surface area contributed by atoms with E-state index in [1.807, 2.05) is 30.0 Å². The lowest BCUT2D eigenvalue weighted by Gasteiger charge is -2.36. The van der Waals surface area contributed by atoms with Crippen molar-refractivity contribution in [3.8, 4) is 0 Å². The molecule has 0 bridgehead atoms. The van der Waals surface area contributed by atoms with E-state index in [1.165, 1.54) is 0 Å². The lowest BCUT2D eigenvalue weighted by molar-refractivity contribution is 0.0619. The molecule has 0 radical (unpaired) electrons. The number of hydrogen-bond donors (Lipinski definition) is 1. The minimum absolute atomic E-state index is 0.116. The van der Waals surface area contributed by atoms with Crippen molar-refractivity contribution >= 4 is 21.8 Å². The summed E-state index contributed by atoms with van der Waals surface area (Å²) < 4.78 is 1.03. The lowest BCUT2D eigenvalue weighted by atomic mass is 9.98. The Balaban J connectivity index is 2.18. The molecular formula is C14H19BrN2O. The molecule has 2 atom stereocenters. The number of nitrogens with zero attached hydrogens (tertiary/aromatic N) is 1. The monoisotopic (exact) mass is 310 g/mol. The molecule has 2 rings (SSSR count). The molecule has 0 spiro atoms. The van der Waals surface area contributed by atoms with Crippen molar-refractivity contribution in [2.45, 2.75) is 38.8 Å². The molecule has 1 saturated heterocycles. The zero-order valence-electron chi connectivity index (χ0n) is 10.8. The van der Waals surface area contributed by atoms with Crippen LogP contribution in [-0.4, -0.2) is 29.4 Å².